The first-order valence-electron chi connectivity index (χ1n) is 9.65. The van der Waals surface area contributed by atoms with Gasteiger partial charge in [0.2, 0.25) is 5.95 Å². The first-order chi connectivity index (χ1) is 13.4. The number of amides is 1. The van der Waals surface area contributed by atoms with Crippen LogP contribution in [0.1, 0.15) is 24.6 Å². The van der Waals surface area contributed by atoms with Crippen LogP contribution in [0, 0.1) is 0 Å². The summed E-state index contributed by atoms with van der Waals surface area (Å²) in [4.78, 5) is 28.3. The number of fused-ring (bicyclic) bond motifs is 1. The molecule has 0 unspecified atom stereocenters. The van der Waals surface area contributed by atoms with Crippen molar-refractivity contribution in [2.24, 2.45) is 0 Å². The minimum Gasteiger partial charge on any atom is -0.481 e. The van der Waals surface area contributed by atoms with Crippen molar-refractivity contribution < 1.29 is 9.53 Å². The Morgan fingerprint density at radius 1 is 1.14 bits per heavy atom. The molecule has 1 aliphatic rings. The van der Waals surface area contributed by atoms with E-state index in [2.05, 4.69) is 4.98 Å². The van der Waals surface area contributed by atoms with Crippen LogP contribution in [0.15, 0.2) is 30.3 Å². The summed E-state index contributed by atoms with van der Waals surface area (Å²) in [5, 5.41) is 0. The fourth-order valence-corrected chi connectivity index (χ4v) is 3.33. The van der Waals surface area contributed by atoms with Gasteiger partial charge in [0.1, 0.15) is 11.6 Å². The Bertz CT molecular complexity index is 823. The molecule has 0 radical (unpaired) electrons. The molecule has 0 fully saturated rings. The van der Waals surface area contributed by atoms with Crippen molar-refractivity contribution in [3.8, 4) is 5.75 Å². The molecule has 1 aromatic heterocycles. The highest BCUT2D eigenvalue weighted by Gasteiger charge is 2.30. The van der Waals surface area contributed by atoms with Gasteiger partial charge in [-0.2, -0.15) is 4.98 Å². The average Bonchev–Trinajstić information content (AvgIpc) is 2.70. The number of anilines is 2. The molecule has 0 N–H and O–H groups in total. The summed E-state index contributed by atoms with van der Waals surface area (Å²) >= 11 is 0. The van der Waals surface area contributed by atoms with Gasteiger partial charge in [-0.3, -0.25) is 4.79 Å². The maximum atomic E-state index is 13.1. The lowest BCUT2D eigenvalue weighted by atomic mass is 10.0. The summed E-state index contributed by atoms with van der Waals surface area (Å²) in [6.07, 6.45) is 0.865. The van der Waals surface area contributed by atoms with Crippen molar-refractivity contribution in [3.63, 3.8) is 0 Å². The van der Waals surface area contributed by atoms with Gasteiger partial charge in [-0.25, -0.2) is 4.98 Å². The molecule has 7 nitrogen and oxygen atoms in total. The summed E-state index contributed by atoms with van der Waals surface area (Å²) in [5.74, 6) is 2.30. The van der Waals surface area contributed by atoms with E-state index in [0.29, 0.717) is 31.2 Å². The zero-order valence-corrected chi connectivity index (χ0v) is 17.3. The van der Waals surface area contributed by atoms with Crippen LogP contribution in [-0.2, 0) is 17.8 Å². The van der Waals surface area contributed by atoms with Crippen LogP contribution in [0.4, 0.5) is 11.8 Å². The van der Waals surface area contributed by atoms with E-state index in [1.165, 1.54) is 0 Å². The molecule has 0 bridgehead atoms. The Kier molecular flexibility index (Phi) is 6.02. The van der Waals surface area contributed by atoms with E-state index in [1.807, 2.05) is 80.1 Å². The third-order valence-corrected chi connectivity index (χ3v) is 4.83. The average molecular weight is 383 g/mol. The molecule has 0 saturated carbocycles. The SMILES string of the molecule is CC[C@@H](Oc1ccccc1)C(=O)N1CCc2c(nc(N(C)C)nc2N(C)C)C1. The zero-order valence-electron chi connectivity index (χ0n) is 17.3. The molecule has 2 aromatic rings. The predicted molar refractivity (Wildman–Crippen MR) is 111 cm³/mol. The zero-order chi connectivity index (χ0) is 20.3. The lowest BCUT2D eigenvalue weighted by Gasteiger charge is -2.33. The molecule has 1 aromatic carbocycles. The van der Waals surface area contributed by atoms with Crippen molar-refractivity contribution in [2.45, 2.75) is 32.4 Å². The number of aromatic nitrogens is 2. The second kappa shape index (κ2) is 8.46. The van der Waals surface area contributed by atoms with Crippen molar-refractivity contribution in [1.29, 1.82) is 0 Å². The second-order valence-corrected chi connectivity index (χ2v) is 7.40. The van der Waals surface area contributed by atoms with E-state index >= 15 is 0 Å². The molecule has 3 rings (SSSR count). The molecule has 0 saturated heterocycles. The van der Waals surface area contributed by atoms with Gasteiger partial charge < -0.3 is 19.4 Å². The number of carbonyl (C=O) groups is 1. The van der Waals surface area contributed by atoms with Gasteiger partial charge in [-0.1, -0.05) is 25.1 Å². The largest absolute Gasteiger partial charge is 0.481 e. The smallest absolute Gasteiger partial charge is 0.263 e. The van der Waals surface area contributed by atoms with Crippen LogP contribution in [-0.4, -0.2) is 61.6 Å². The lowest BCUT2D eigenvalue weighted by Crippen LogP contribution is -2.44. The van der Waals surface area contributed by atoms with Crippen LogP contribution in [0.2, 0.25) is 0 Å². The molecular formula is C21H29N5O2. The summed E-state index contributed by atoms with van der Waals surface area (Å²) in [6, 6.07) is 9.50. The van der Waals surface area contributed by atoms with E-state index in [4.69, 9.17) is 9.72 Å². The molecule has 2 heterocycles. The van der Waals surface area contributed by atoms with Gasteiger partial charge in [0.05, 0.1) is 12.2 Å². The van der Waals surface area contributed by atoms with E-state index in [-0.39, 0.29) is 5.91 Å². The third-order valence-electron chi connectivity index (χ3n) is 4.83. The van der Waals surface area contributed by atoms with Gasteiger partial charge in [0, 0.05) is 40.3 Å². The number of nitrogens with zero attached hydrogens (tertiary/aromatic N) is 5. The van der Waals surface area contributed by atoms with Crippen molar-refractivity contribution in [2.75, 3.05) is 44.5 Å². The number of hydrogen-bond donors (Lipinski definition) is 0. The standard InChI is InChI=1S/C21H29N5O2/c1-6-18(28-15-10-8-7-9-11-15)20(27)26-13-12-16-17(14-26)22-21(25(4)5)23-19(16)24(2)3/h7-11,18H,6,12-14H2,1-5H3/t18-/m1/s1. The summed E-state index contributed by atoms with van der Waals surface area (Å²) in [7, 11) is 7.82. The monoisotopic (exact) mass is 383 g/mol. The molecule has 0 aliphatic carbocycles. The molecule has 150 valence electrons. The van der Waals surface area contributed by atoms with Crippen LogP contribution in [0.25, 0.3) is 0 Å². The van der Waals surface area contributed by atoms with Gasteiger partial charge in [0.25, 0.3) is 5.91 Å². The highest BCUT2D eigenvalue weighted by molar-refractivity contribution is 5.81. The number of rotatable bonds is 6. The summed E-state index contributed by atoms with van der Waals surface area (Å²) < 4.78 is 5.95. The molecule has 28 heavy (non-hydrogen) atoms. The van der Waals surface area contributed by atoms with E-state index in [0.717, 1.165) is 23.5 Å². The quantitative estimate of drug-likeness (QED) is 0.763. The van der Waals surface area contributed by atoms with Crippen LogP contribution in [0.5, 0.6) is 5.75 Å². The van der Waals surface area contributed by atoms with Gasteiger partial charge in [-0.15, -0.1) is 0 Å². The first kappa shape index (κ1) is 19.9. The Hall–Kier alpha value is -2.83. The number of para-hydroxylation sites is 1. The van der Waals surface area contributed by atoms with Gasteiger partial charge in [0.15, 0.2) is 6.10 Å². The Balaban J connectivity index is 1.82. The molecule has 0 spiro atoms. The van der Waals surface area contributed by atoms with Crippen LogP contribution in [0.3, 0.4) is 0 Å². The Morgan fingerprint density at radius 2 is 1.86 bits per heavy atom. The lowest BCUT2D eigenvalue weighted by molar-refractivity contribution is -0.139. The molecular weight excluding hydrogens is 354 g/mol. The van der Waals surface area contributed by atoms with Crippen molar-refractivity contribution in [3.05, 3.63) is 41.6 Å². The van der Waals surface area contributed by atoms with Crippen LogP contribution < -0.4 is 14.5 Å². The molecule has 1 amide bonds. The van der Waals surface area contributed by atoms with Crippen molar-refractivity contribution >= 4 is 17.7 Å². The molecule has 1 aliphatic heterocycles. The van der Waals surface area contributed by atoms with E-state index in [1.54, 1.807) is 0 Å². The maximum Gasteiger partial charge on any atom is 0.263 e. The second-order valence-electron chi connectivity index (χ2n) is 7.40. The van der Waals surface area contributed by atoms with Crippen LogP contribution >= 0.6 is 0 Å². The third kappa shape index (κ3) is 4.18. The predicted octanol–water partition coefficient (Wildman–Crippen LogP) is 2.35. The molecule has 7 heteroatoms. The Morgan fingerprint density at radius 3 is 2.46 bits per heavy atom. The van der Waals surface area contributed by atoms with E-state index in [9.17, 15) is 4.79 Å². The van der Waals surface area contributed by atoms with Gasteiger partial charge in [-0.05, 0) is 25.0 Å². The highest BCUT2D eigenvalue weighted by atomic mass is 16.5. The number of benzene rings is 1. The fraction of sp³-hybridized carbons (Fsp3) is 0.476. The fourth-order valence-electron chi connectivity index (χ4n) is 3.33. The highest BCUT2D eigenvalue weighted by Crippen LogP contribution is 2.28. The number of ether oxygens (including phenoxy) is 1. The minimum atomic E-state index is -0.493. The number of hydrogen-bond acceptors (Lipinski definition) is 6. The summed E-state index contributed by atoms with van der Waals surface area (Å²) in [6.45, 7) is 3.10. The van der Waals surface area contributed by atoms with E-state index < -0.39 is 6.10 Å². The van der Waals surface area contributed by atoms with Gasteiger partial charge >= 0.3 is 0 Å². The normalized spacial score (nSPS) is 14.2. The topological polar surface area (TPSA) is 61.8 Å². The maximum absolute atomic E-state index is 13.1. The summed E-state index contributed by atoms with van der Waals surface area (Å²) in [5.41, 5.74) is 2.04. The number of carbonyl (C=O) groups excluding carboxylic acids is 1. The molecule has 1 atom stereocenters. The van der Waals surface area contributed by atoms with Crippen molar-refractivity contribution in [1.82, 2.24) is 14.9 Å². The first-order valence-corrected chi connectivity index (χ1v) is 9.65. The Labute approximate surface area is 166 Å². The minimum absolute atomic E-state index is 0.00780.